The maximum absolute atomic E-state index is 9.23. The van der Waals surface area contributed by atoms with E-state index in [-0.39, 0.29) is 0 Å². The summed E-state index contributed by atoms with van der Waals surface area (Å²) in [6, 6.07) is 19.5. The number of aromatic hydroxyl groups is 1. The average molecular weight is 264 g/mol. The van der Waals surface area contributed by atoms with Gasteiger partial charge in [0.1, 0.15) is 5.75 Å². The smallest absolute Gasteiger partial charge is 0.115 e. The number of phenols is 1. The molecule has 20 heavy (non-hydrogen) atoms. The summed E-state index contributed by atoms with van der Waals surface area (Å²) in [5.74, 6) is 0.296. The van der Waals surface area contributed by atoms with Gasteiger partial charge >= 0.3 is 0 Å². The summed E-state index contributed by atoms with van der Waals surface area (Å²) in [5, 5.41) is 13.8. The van der Waals surface area contributed by atoms with Gasteiger partial charge in [-0.15, -0.1) is 0 Å². The molecule has 0 spiro atoms. The molecule has 0 aliphatic carbocycles. The van der Waals surface area contributed by atoms with Gasteiger partial charge in [-0.2, -0.15) is 0 Å². The number of hydrogen-bond acceptors (Lipinski definition) is 3. The van der Waals surface area contributed by atoms with E-state index in [0.29, 0.717) is 5.75 Å². The number of aromatic nitrogens is 1. The number of hydrogen-bond donors (Lipinski definition) is 2. The lowest BCUT2D eigenvalue weighted by atomic mass is 10.2. The Bertz CT molecular complexity index is 708. The van der Waals surface area contributed by atoms with Crippen LogP contribution in [0.2, 0.25) is 0 Å². The van der Waals surface area contributed by atoms with Crippen LogP contribution in [0.3, 0.4) is 0 Å². The first-order valence-corrected chi connectivity index (χ1v) is 6.64. The van der Waals surface area contributed by atoms with E-state index in [4.69, 9.17) is 0 Å². The van der Waals surface area contributed by atoms with Gasteiger partial charge in [0.15, 0.2) is 0 Å². The molecule has 0 aliphatic rings. The minimum absolute atomic E-state index is 0.296. The van der Waals surface area contributed by atoms with Crippen LogP contribution in [0.1, 0.15) is 11.3 Å². The average Bonchev–Trinajstić information content (AvgIpc) is 2.49. The van der Waals surface area contributed by atoms with Crippen LogP contribution in [-0.2, 0) is 13.1 Å². The number of nitrogens with one attached hydrogen (secondary N) is 1. The van der Waals surface area contributed by atoms with Gasteiger partial charge in [-0.1, -0.05) is 36.4 Å². The fourth-order valence-corrected chi connectivity index (χ4v) is 2.16. The van der Waals surface area contributed by atoms with Crippen LogP contribution < -0.4 is 5.32 Å². The summed E-state index contributed by atoms with van der Waals surface area (Å²) in [6.07, 6.45) is 0. The molecule has 0 atom stereocenters. The highest BCUT2D eigenvalue weighted by atomic mass is 16.3. The van der Waals surface area contributed by atoms with E-state index in [1.807, 2.05) is 36.4 Å². The number of fused-ring (bicyclic) bond motifs is 1. The Hall–Kier alpha value is -2.39. The number of benzene rings is 2. The van der Waals surface area contributed by atoms with Crippen molar-refractivity contribution in [3.05, 3.63) is 71.9 Å². The quantitative estimate of drug-likeness (QED) is 0.760. The molecule has 0 saturated heterocycles. The van der Waals surface area contributed by atoms with Crippen LogP contribution in [0.25, 0.3) is 10.9 Å². The maximum atomic E-state index is 9.23. The van der Waals surface area contributed by atoms with Crippen molar-refractivity contribution in [3.63, 3.8) is 0 Å². The van der Waals surface area contributed by atoms with E-state index in [9.17, 15) is 5.11 Å². The van der Waals surface area contributed by atoms with E-state index < -0.39 is 0 Å². The summed E-state index contributed by atoms with van der Waals surface area (Å²) in [5.41, 5.74) is 3.20. The SMILES string of the molecule is Oc1ccc(CNCc2ccc3ccccc3n2)cc1. The highest BCUT2D eigenvalue weighted by Crippen LogP contribution is 2.12. The zero-order valence-corrected chi connectivity index (χ0v) is 11.1. The largest absolute Gasteiger partial charge is 0.508 e. The van der Waals surface area contributed by atoms with Crippen molar-refractivity contribution in [2.24, 2.45) is 0 Å². The van der Waals surface area contributed by atoms with Gasteiger partial charge in [0.2, 0.25) is 0 Å². The third kappa shape index (κ3) is 2.95. The fourth-order valence-electron chi connectivity index (χ4n) is 2.16. The molecular weight excluding hydrogens is 248 g/mol. The molecule has 100 valence electrons. The predicted octanol–water partition coefficient (Wildman–Crippen LogP) is 3.23. The Morgan fingerprint density at radius 1 is 0.850 bits per heavy atom. The first kappa shape index (κ1) is 12.6. The van der Waals surface area contributed by atoms with Crippen LogP contribution in [0.4, 0.5) is 0 Å². The highest BCUT2D eigenvalue weighted by Gasteiger charge is 1.98. The highest BCUT2D eigenvalue weighted by molar-refractivity contribution is 5.78. The number of rotatable bonds is 4. The van der Waals surface area contributed by atoms with Crippen molar-refractivity contribution in [2.45, 2.75) is 13.1 Å². The molecule has 0 radical (unpaired) electrons. The molecule has 0 saturated carbocycles. The molecule has 0 aliphatic heterocycles. The van der Waals surface area contributed by atoms with Gasteiger partial charge in [-0.05, 0) is 29.8 Å². The Kier molecular flexibility index (Phi) is 3.61. The summed E-state index contributed by atoms with van der Waals surface area (Å²) >= 11 is 0. The second-order valence-electron chi connectivity index (χ2n) is 4.77. The molecule has 2 aromatic carbocycles. The first-order chi connectivity index (χ1) is 9.81. The fraction of sp³-hybridized carbons (Fsp3) is 0.118. The van der Waals surface area contributed by atoms with Crippen molar-refractivity contribution in [3.8, 4) is 5.75 Å². The molecule has 3 aromatic rings. The number of pyridine rings is 1. The topological polar surface area (TPSA) is 45.1 Å². The van der Waals surface area contributed by atoms with E-state index in [1.54, 1.807) is 12.1 Å². The van der Waals surface area contributed by atoms with Gasteiger partial charge < -0.3 is 10.4 Å². The monoisotopic (exact) mass is 264 g/mol. The van der Waals surface area contributed by atoms with Crippen molar-refractivity contribution in [1.29, 1.82) is 0 Å². The molecule has 0 bridgehead atoms. The van der Waals surface area contributed by atoms with E-state index in [0.717, 1.165) is 35.2 Å². The van der Waals surface area contributed by atoms with Gasteiger partial charge in [0.05, 0.1) is 11.2 Å². The van der Waals surface area contributed by atoms with E-state index in [2.05, 4.69) is 22.4 Å². The van der Waals surface area contributed by atoms with E-state index in [1.165, 1.54) is 0 Å². The normalized spacial score (nSPS) is 10.8. The Balaban J connectivity index is 1.63. The lowest BCUT2D eigenvalue weighted by Crippen LogP contribution is -2.13. The standard InChI is InChI=1S/C17H16N2O/c20-16-9-5-13(6-10-16)11-18-12-15-8-7-14-3-1-2-4-17(14)19-15/h1-10,18,20H,11-12H2. The summed E-state index contributed by atoms with van der Waals surface area (Å²) < 4.78 is 0. The van der Waals surface area contributed by atoms with Gasteiger partial charge in [-0.3, -0.25) is 4.98 Å². The molecule has 3 nitrogen and oxygen atoms in total. The summed E-state index contributed by atoms with van der Waals surface area (Å²) in [6.45, 7) is 1.49. The van der Waals surface area contributed by atoms with Crippen molar-refractivity contribution in [2.75, 3.05) is 0 Å². The lowest BCUT2D eigenvalue weighted by molar-refractivity contribution is 0.475. The third-order valence-corrected chi connectivity index (χ3v) is 3.23. The summed E-state index contributed by atoms with van der Waals surface area (Å²) in [4.78, 5) is 4.62. The predicted molar refractivity (Wildman–Crippen MR) is 80.4 cm³/mol. The minimum Gasteiger partial charge on any atom is -0.508 e. The minimum atomic E-state index is 0.296. The summed E-state index contributed by atoms with van der Waals surface area (Å²) in [7, 11) is 0. The third-order valence-electron chi connectivity index (χ3n) is 3.23. The van der Waals surface area contributed by atoms with E-state index >= 15 is 0 Å². The Morgan fingerprint density at radius 2 is 1.65 bits per heavy atom. The lowest BCUT2D eigenvalue weighted by Gasteiger charge is -2.06. The van der Waals surface area contributed by atoms with Gasteiger partial charge in [0, 0.05) is 18.5 Å². The number of phenolic OH excluding ortho intramolecular Hbond substituents is 1. The van der Waals surface area contributed by atoms with Crippen LogP contribution in [0, 0.1) is 0 Å². The first-order valence-electron chi connectivity index (χ1n) is 6.64. The number of para-hydroxylation sites is 1. The molecule has 1 heterocycles. The zero-order chi connectivity index (χ0) is 13.8. The molecule has 3 heteroatoms. The maximum Gasteiger partial charge on any atom is 0.115 e. The van der Waals surface area contributed by atoms with Crippen LogP contribution in [0.5, 0.6) is 5.75 Å². The van der Waals surface area contributed by atoms with Crippen molar-refractivity contribution in [1.82, 2.24) is 10.3 Å². The molecule has 0 amide bonds. The van der Waals surface area contributed by atoms with Gasteiger partial charge in [0.25, 0.3) is 0 Å². The Labute approximate surface area is 117 Å². The molecule has 1 aromatic heterocycles. The van der Waals surface area contributed by atoms with Crippen molar-refractivity contribution < 1.29 is 5.11 Å². The van der Waals surface area contributed by atoms with Gasteiger partial charge in [-0.25, -0.2) is 0 Å². The molecule has 0 fully saturated rings. The molecular formula is C17H16N2O. The molecule has 0 unspecified atom stereocenters. The zero-order valence-electron chi connectivity index (χ0n) is 11.1. The number of nitrogens with zero attached hydrogens (tertiary/aromatic N) is 1. The second kappa shape index (κ2) is 5.72. The van der Waals surface area contributed by atoms with Crippen LogP contribution in [-0.4, -0.2) is 10.1 Å². The van der Waals surface area contributed by atoms with Crippen molar-refractivity contribution >= 4 is 10.9 Å². The second-order valence-corrected chi connectivity index (χ2v) is 4.77. The van der Waals surface area contributed by atoms with Crippen LogP contribution >= 0.6 is 0 Å². The molecule has 3 rings (SSSR count). The molecule has 2 N–H and O–H groups in total. The Morgan fingerprint density at radius 3 is 2.50 bits per heavy atom. The van der Waals surface area contributed by atoms with Crippen LogP contribution in [0.15, 0.2) is 60.7 Å².